The van der Waals surface area contributed by atoms with Crippen molar-refractivity contribution in [2.45, 2.75) is 58.7 Å². The molecule has 7 heteroatoms. The van der Waals surface area contributed by atoms with Gasteiger partial charge in [-0.3, -0.25) is 9.78 Å². The molecule has 3 aromatic carbocycles. The van der Waals surface area contributed by atoms with E-state index in [4.69, 9.17) is 14.5 Å². The predicted octanol–water partition coefficient (Wildman–Crippen LogP) is 7.48. The molecule has 1 heterocycles. The lowest BCUT2D eigenvalue weighted by Gasteiger charge is -2.22. The van der Waals surface area contributed by atoms with Crippen molar-refractivity contribution in [1.29, 1.82) is 0 Å². The zero-order valence-electron chi connectivity index (χ0n) is 22.9. The summed E-state index contributed by atoms with van der Waals surface area (Å²) in [4.78, 5) is 16.9. The minimum atomic E-state index is -0.373. The molecule has 2 atom stereocenters. The Bertz CT molecular complexity index is 1470. The number of aromatic nitrogens is 1. The van der Waals surface area contributed by atoms with Gasteiger partial charge in [0.2, 0.25) is 0 Å². The molecule has 0 bridgehead atoms. The summed E-state index contributed by atoms with van der Waals surface area (Å²) < 4.78 is 39.3. The summed E-state index contributed by atoms with van der Waals surface area (Å²) in [5, 5.41) is 4.39. The van der Waals surface area contributed by atoms with E-state index in [9.17, 15) is 13.6 Å². The smallest absolute Gasteiger partial charge is 0.306 e. The lowest BCUT2D eigenvalue weighted by atomic mass is 9.96. The molecule has 0 radical (unpaired) electrons. The monoisotopic (exact) mass is 532 g/mol. The van der Waals surface area contributed by atoms with E-state index < -0.39 is 0 Å². The molecular formula is C32H34F2N2O3. The Hall–Kier alpha value is -3.84. The number of esters is 1. The Balaban J connectivity index is 1.66. The van der Waals surface area contributed by atoms with Crippen LogP contribution in [0.4, 0.5) is 8.78 Å². The van der Waals surface area contributed by atoms with Crippen molar-refractivity contribution in [3.63, 3.8) is 0 Å². The third-order valence-corrected chi connectivity index (χ3v) is 6.56. The van der Waals surface area contributed by atoms with Crippen LogP contribution in [-0.2, 0) is 16.0 Å². The van der Waals surface area contributed by atoms with Gasteiger partial charge in [-0.2, -0.15) is 0 Å². The van der Waals surface area contributed by atoms with Gasteiger partial charge in [-0.25, -0.2) is 8.78 Å². The molecule has 0 spiro atoms. The van der Waals surface area contributed by atoms with Crippen molar-refractivity contribution in [2.24, 2.45) is 0 Å². The number of halogens is 2. The van der Waals surface area contributed by atoms with Crippen LogP contribution in [0.1, 0.15) is 63.0 Å². The Kier molecular flexibility index (Phi) is 8.92. The Morgan fingerprint density at radius 2 is 1.67 bits per heavy atom. The highest BCUT2D eigenvalue weighted by Crippen LogP contribution is 2.33. The van der Waals surface area contributed by atoms with E-state index in [1.165, 1.54) is 31.4 Å². The fraction of sp³-hybridized carbons (Fsp3) is 0.312. The number of carbonyl (C=O) groups is 1. The first-order valence-corrected chi connectivity index (χ1v) is 13.1. The van der Waals surface area contributed by atoms with Crippen molar-refractivity contribution in [3.8, 4) is 16.9 Å². The van der Waals surface area contributed by atoms with E-state index in [1.807, 2.05) is 50.2 Å². The number of fused-ring (bicyclic) bond motifs is 1. The molecule has 1 aromatic heterocycles. The van der Waals surface area contributed by atoms with E-state index in [-0.39, 0.29) is 42.2 Å². The number of nitrogens with zero attached hydrogens (tertiary/aromatic N) is 1. The van der Waals surface area contributed by atoms with E-state index in [1.54, 1.807) is 19.9 Å². The maximum atomic E-state index is 14.8. The molecule has 39 heavy (non-hydrogen) atoms. The molecule has 4 aromatic rings. The van der Waals surface area contributed by atoms with Gasteiger partial charge >= 0.3 is 5.97 Å². The number of benzene rings is 3. The molecule has 0 aliphatic carbocycles. The Morgan fingerprint density at radius 3 is 2.41 bits per heavy atom. The maximum Gasteiger partial charge on any atom is 0.306 e. The third kappa shape index (κ3) is 7.18. The van der Waals surface area contributed by atoms with Gasteiger partial charge in [-0.15, -0.1) is 0 Å². The van der Waals surface area contributed by atoms with Gasteiger partial charge in [-0.05, 0) is 92.8 Å². The molecule has 204 valence electrons. The van der Waals surface area contributed by atoms with Crippen LogP contribution in [0.25, 0.3) is 22.0 Å². The second-order valence-electron chi connectivity index (χ2n) is 10.0. The molecule has 0 aliphatic heterocycles. The normalized spacial score (nSPS) is 12.9. The quantitative estimate of drug-likeness (QED) is 0.215. The van der Waals surface area contributed by atoms with Crippen LogP contribution >= 0.6 is 0 Å². The van der Waals surface area contributed by atoms with Crippen LogP contribution in [0.2, 0.25) is 0 Å². The van der Waals surface area contributed by atoms with E-state index in [0.29, 0.717) is 23.3 Å². The Morgan fingerprint density at radius 1 is 0.923 bits per heavy atom. The van der Waals surface area contributed by atoms with Crippen molar-refractivity contribution in [1.82, 2.24) is 10.3 Å². The van der Waals surface area contributed by atoms with E-state index >= 15 is 0 Å². The van der Waals surface area contributed by atoms with Gasteiger partial charge in [0, 0.05) is 30.0 Å². The number of para-hydroxylation sites is 1. The zero-order chi connectivity index (χ0) is 28.1. The van der Waals surface area contributed by atoms with Gasteiger partial charge in [0.05, 0.1) is 24.4 Å². The number of nitrogens with one attached hydrogen (secondary N) is 1. The first kappa shape index (κ1) is 28.2. The fourth-order valence-corrected chi connectivity index (χ4v) is 4.68. The number of aryl methyl sites for hydroxylation is 1. The lowest BCUT2D eigenvalue weighted by molar-refractivity contribution is -0.147. The molecular weight excluding hydrogens is 498 g/mol. The zero-order valence-corrected chi connectivity index (χ0v) is 22.9. The average molecular weight is 533 g/mol. The average Bonchev–Trinajstić information content (AvgIpc) is 2.90. The standard InChI is InChI=1S/C32H34F2N2O3/c1-19(2)39-32(37)11-10-22-12-24(15-25(33)13-22)29-18-31(36-30-9-7-6-8-28(29)30)21(4)35-20(3)23-14-26(34)17-27(16-23)38-5/h6-9,12-21,35H,10-11H2,1-5H3/t20-,21-/m1/s1. The van der Waals surface area contributed by atoms with Crippen LogP contribution in [-0.4, -0.2) is 24.2 Å². The molecule has 4 rings (SSSR count). The van der Waals surface area contributed by atoms with Crippen LogP contribution in [0.5, 0.6) is 5.75 Å². The summed E-state index contributed by atoms with van der Waals surface area (Å²) in [6, 6.07) is 18.8. The van der Waals surface area contributed by atoms with Gasteiger partial charge in [0.15, 0.2) is 0 Å². The molecule has 0 aliphatic rings. The van der Waals surface area contributed by atoms with Crippen molar-refractivity contribution in [2.75, 3.05) is 7.11 Å². The Labute approximate surface area is 228 Å². The number of rotatable bonds is 10. The summed E-state index contributed by atoms with van der Waals surface area (Å²) in [6.07, 6.45) is 0.356. The van der Waals surface area contributed by atoms with E-state index in [2.05, 4.69) is 5.32 Å². The summed E-state index contributed by atoms with van der Waals surface area (Å²) in [5.74, 6) is -0.590. The second kappa shape index (κ2) is 12.3. The van der Waals surface area contributed by atoms with Gasteiger partial charge in [-0.1, -0.05) is 24.3 Å². The largest absolute Gasteiger partial charge is 0.497 e. The minimum absolute atomic E-state index is 0.174. The third-order valence-electron chi connectivity index (χ3n) is 6.56. The molecule has 0 unspecified atom stereocenters. The van der Waals surface area contributed by atoms with Crippen LogP contribution in [0.3, 0.4) is 0 Å². The number of hydrogen-bond acceptors (Lipinski definition) is 5. The van der Waals surface area contributed by atoms with Crippen LogP contribution in [0, 0.1) is 11.6 Å². The highest BCUT2D eigenvalue weighted by molar-refractivity contribution is 5.94. The van der Waals surface area contributed by atoms with Crippen LogP contribution < -0.4 is 10.1 Å². The SMILES string of the molecule is COc1cc(F)cc([C@@H](C)N[C@H](C)c2cc(-c3cc(F)cc(CCC(=O)OC(C)C)c3)c3ccccc3n2)c1. The molecule has 0 fully saturated rings. The minimum Gasteiger partial charge on any atom is -0.497 e. The van der Waals surface area contributed by atoms with Gasteiger partial charge in [0.25, 0.3) is 0 Å². The summed E-state index contributed by atoms with van der Waals surface area (Å²) in [7, 11) is 1.51. The fourth-order valence-electron chi connectivity index (χ4n) is 4.68. The predicted molar refractivity (Wildman–Crippen MR) is 150 cm³/mol. The first-order chi connectivity index (χ1) is 18.6. The first-order valence-electron chi connectivity index (χ1n) is 13.1. The lowest BCUT2D eigenvalue weighted by Crippen LogP contribution is -2.23. The van der Waals surface area contributed by atoms with Crippen molar-refractivity contribution in [3.05, 3.63) is 95.2 Å². The maximum absolute atomic E-state index is 14.8. The second-order valence-corrected chi connectivity index (χ2v) is 10.0. The number of hydrogen-bond donors (Lipinski definition) is 1. The van der Waals surface area contributed by atoms with Crippen molar-refractivity contribution < 1.29 is 23.0 Å². The molecule has 1 N–H and O–H groups in total. The topological polar surface area (TPSA) is 60.5 Å². The number of carbonyl (C=O) groups excluding carboxylic acids is 1. The van der Waals surface area contributed by atoms with Gasteiger partial charge in [0.1, 0.15) is 17.4 Å². The number of ether oxygens (including phenoxy) is 2. The summed E-state index contributed by atoms with van der Waals surface area (Å²) in [6.45, 7) is 7.55. The highest BCUT2D eigenvalue weighted by atomic mass is 19.1. The van der Waals surface area contributed by atoms with Crippen molar-refractivity contribution >= 4 is 16.9 Å². The van der Waals surface area contributed by atoms with Gasteiger partial charge < -0.3 is 14.8 Å². The number of pyridine rings is 1. The molecule has 5 nitrogen and oxygen atoms in total. The summed E-state index contributed by atoms with van der Waals surface area (Å²) in [5.41, 5.74) is 4.57. The molecule has 0 amide bonds. The van der Waals surface area contributed by atoms with E-state index in [0.717, 1.165) is 27.7 Å². The molecule has 0 saturated carbocycles. The highest BCUT2D eigenvalue weighted by Gasteiger charge is 2.18. The van der Waals surface area contributed by atoms with Crippen LogP contribution in [0.15, 0.2) is 66.7 Å². The molecule has 0 saturated heterocycles. The number of methoxy groups -OCH3 is 1. The summed E-state index contributed by atoms with van der Waals surface area (Å²) >= 11 is 0.